The molecular formula is C6H13NO3. The van der Waals surface area contributed by atoms with E-state index < -0.39 is 12.4 Å². The van der Waals surface area contributed by atoms with Crippen molar-refractivity contribution in [1.29, 1.82) is 0 Å². The van der Waals surface area contributed by atoms with Gasteiger partial charge in [-0.3, -0.25) is 0 Å². The summed E-state index contributed by atoms with van der Waals surface area (Å²) in [5.41, 5.74) is 5.28. The summed E-state index contributed by atoms with van der Waals surface area (Å²) < 4.78 is 4.98. The Balaban J connectivity index is 2.35. The van der Waals surface area contributed by atoms with Crippen LogP contribution in [-0.4, -0.2) is 35.3 Å². The molecule has 0 bridgehead atoms. The number of aliphatic hydroxyl groups is 2. The molecule has 10 heavy (non-hydrogen) atoms. The second kappa shape index (κ2) is 3.30. The average Bonchev–Trinajstić information content (AvgIpc) is 1.85. The van der Waals surface area contributed by atoms with Crippen LogP contribution in [0.1, 0.15) is 12.8 Å². The van der Waals surface area contributed by atoms with Gasteiger partial charge in [0.25, 0.3) is 0 Å². The smallest absolute Gasteiger partial charge is 0.157 e. The van der Waals surface area contributed by atoms with Gasteiger partial charge in [0.1, 0.15) is 0 Å². The fourth-order valence-electron chi connectivity index (χ4n) is 1.12. The van der Waals surface area contributed by atoms with Gasteiger partial charge in [0, 0.05) is 19.4 Å². The van der Waals surface area contributed by atoms with Crippen LogP contribution in [0, 0.1) is 0 Å². The quantitative estimate of drug-likeness (QED) is 0.435. The first-order chi connectivity index (χ1) is 4.72. The van der Waals surface area contributed by atoms with E-state index in [2.05, 4.69) is 0 Å². The maximum Gasteiger partial charge on any atom is 0.157 e. The van der Waals surface area contributed by atoms with Crippen molar-refractivity contribution in [2.24, 2.45) is 5.73 Å². The molecule has 1 fully saturated rings. The normalized spacial score (nSPS) is 41.7. The van der Waals surface area contributed by atoms with Crippen LogP contribution < -0.4 is 5.73 Å². The molecule has 1 aliphatic heterocycles. The Bertz CT molecular complexity index is 99.2. The van der Waals surface area contributed by atoms with E-state index in [9.17, 15) is 0 Å². The predicted octanol–water partition coefficient (Wildman–Crippen LogP) is -1.20. The summed E-state index contributed by atoms with van der Waals surface area (Å²) in [7, 11) is 0. The molecule has 0 radical (unpaired) electrons. The van der Waals surface area contributed by atoms with Gasteiger partial charge in [0.15, 0.2) is 6.29 Å². The third-order valence-corrected chi connectivity index (χ3v) is 1.62. The Morgan fingerprint density at radius 1 is 1.40 bits per heavy atom. The van der Waals surface area contributed by atoms with Crippen LogP contribution in [0.3, 0.4) is 0 Å². The van der Waals surface area contributed by atoms with Crippen molar-refractivity contribution in [2.75, 3.05) is 6.54 Å². The highest BCUT2D eigenvalue weighted by Gasteiger charge is 2.25. The van der Waals surface area contributed by atoms with Crippen molar-refractivity contribution >= 4 is 0 Å². The van der Waals surface area contributed by atoms with E-state index in [0.717, 1.165) is 0 Å². The number of hydrogen-bond donors (Lipinski definition) is 3. The van der Waals surface area contributed by atoms with Gasteiger partial charge in [0.05, 0.1) is 12.2 Å². The molecule has 0 aromatic rings. The summed E-state index contributed by atoms with van der Waals surface area (Å²) in [4.78, 5) is 0. The Kier molecular flexibility index (Phi) is 2.62. The van der Waals surface area contributed by atoms with E-state index in [1.54, 1.807) is 0 Å². The third kappa shape index (κ3) is 1.91. The van der Waals surface area contributed by atoms with Crippen LogP contribution in [0.15, 0.2) is 0 Å². The molecule has 1 aliphatic rings. The lowest BCUT2D eigenvalue weighted by Gasteiger charge is -2.29. The van der Waals surface area contributed by atoms with Crippen molar-refractivity contribution in [1.82, 2.24) is 0 Å². The number of ether oxygens (including phenoxy) is 1. The lowest BCUT2D eigenvalue weighted by atomic mass is 10.1. The van der Waals surface area contributed by atoms with Crippen molar-refractivity contribution in [2.45, 2.75) is 31.3 Å². The summed E-state index contributed by atoms with van der Waals surface area (Å²) >= 11 is 0. The second-order valence-corrected chi connectivity index (χ2v) is 2.57. The van der Waals surface area contributed by atoms with Crippen molar-refractivity contribution < 1.29 is 14.9 Å². The monoisotopic (exact) mass is 147 g/mol. The van der Waals surface area contributed by atoms with E-state index in [4.69, 9.17) is 20.7 Å². The van der Waals surface area contributed by atoms with Crippen LogP contribution in [0.4, 0.5) is 0 Å². The number of hydrogen-bond acceptors (Lipinski definition) is 4. The van der Waals surface area contributed by atoms with Gasteiger partial charge in [-0.05, 0) is 0 Å². The Morgan fingerprint density at radius 2 is 2.10 bits per heavy atom. The van der Waals surface area contributed by atoms with E-state index >= 15 is 0 Å². The third-order valence-electron chi connectivity index (χ3n) is 1.62. The SMILES string of the molecule is NCC1CC(O)C[C@@H](O)O1. The fraction of sp³-hybridized carbons (Fsp3) is 1.00. The minimum absolute atomic E-state index is 0.182. The predicted molar refractivity (Wildman–Crippen MR) is 35.2 cm³/mol. The zero-order chi connectivity index (χ0) is 7.56. The first-order valence-electron chi connectivity index (χ1n) is 3.44. The Labute approximate surface area is 59.6 Å². The van der Waals surface area contributed by atoms with Gasteiger partial charge in [-0.2, -0.15) is 0 Å². The molecule has 0 saturated carbocycles. The molecule has 4 nitrogen and oxygen atoms in total. The molecular weight excluding hydrogens is 134 g/mol. The molecule has 0 spiro atoms. The maximum absolute atomic E-state index is 9.09. The van der Waals surface area contributed by atoms with Gasteiger partial charge in [-0.15, -0.1) is 0 Å². The molecule has 2 unspecified atom stereocenters. The van der Waals surface area contributed by atoms with Crippen LogP contribution in [-0.2, 0) is 4.74 Å². The zero-order valence-electron chi connectivity index (χ0n) is 5.73. The number of nitrogens with two attached hydrogens (primary N) is 1. The highest BCUT2D eigenvalue weighted by atomic mass is 16.6. The molecule has 4 heteroatoms. The summed E-state index contributed by atoms with van der Waals surface area (Å²) in [6, 6.07) is 0. The van der Waals surface area contributed by atoms with Crippen LogP contribution in [0.5, 0.6) is 0 Å². The number of aliphatic hydroxyl groups excluding tert-OH is 2. The molecule has 60 valence electrons. The van der Waals surface area contributed by atoms with Crippen LogP contribution in [0.2, 0.25) is 0 Å². The maximum atomic E-state index is 9.09. The summed E-state index contributed by atoms with van der Waals surface area (Å²) in [5, 5.41) is 18.0. The standard InChI is InChI=1S/C6H13NO3/c7-3-5-1-4(8)2-6(9)10-5/h4-6,8-9H,1-3,7H2/t4?,5?,6-/m0/s1. The van der Waals surface area contributed by atoms with Crippen LogP contribution in [0.25, 0.3) is 0 Å². The van der Waals surface area contributed by atoms with Crippen molar-refractivity contribution in [3.63, 3.8) is 0 Å². The minimum atomic E-state index is -0.836. The fourth-order valence-corrected chi connectivity index (χ4v) is 1.12. The molecule has 4 N–H and O–H groups in total. The highest BCUT2D eigenvalue weighted by molar-refractivity contribution is 4.72. The van der Waals surface area contributed by atoms with Crippen molar-refractivity contribution in [3.8, 4) is 0 Å². The summed E-state index contributed by atoms with van der Waals surface area (Å²) in [5.74, 6) is 0. The van der Waals surface area contributed by atoms with E-state index in [-0.39, 0.29) is 6.10 Å². The molecule has 3 atom stereocenters. The molecule has 1 saturated heterocycles. The van der Waals surface area contributed by atoms with Crippen LogP contribution >= 0.6 is 0 Å². The largest absolute Gasteiger partial charge is 0.393 e. The van der Waals surface area contributed by atoms with Gasteiger partial charge in [-0.1, -0.05) is 0 Å². The highest BCUT2D eigenvalue weighted by Crippen LogP contribution is 2.16. The van der Waals surface area contributed by atoms with Gasteiger partial charge < -0.3 is 20.7 Å². The Hall–Kier alpha value is -0.160. The van der Waals surface area contributed by atoms with Crippen molar-refractivity contribution in [3.05, 3.63) is 0 Å². The molecule has 0 aromatic carbocycles. The van der Waals surface area contributed by atoms with Gasteiger partial charge >= 0.3 is 0 Å². The Morgan fingerprint density at radius 3 is 2.60 bits per heavy atom. The molecule has 0 amide bonds. The number of rotatable bonds is 1. The zero-order valence-corrected chi connectivity index (χ0v) is 5.73. The summed E-state index contributed by atoms with van der Waals surface area (Å²) in [6.07, 6.45) is -0.641. The summed E-state index contributed by atoms with van der Waals surface area (Å²) in [6.45, 7) is 0.355. The molecule has 0 aromatic heterocycles. The topological polar surface area (TPSA) is 75.7 Å². The van der Waals surface area contributed by atoms with Gasteiger partial charge in [-0.25, -0.2) is 0 Å². The van der Waals surface area contributed by atoms with E-state index in [1.165, 1.54) is 0 Å². The lowest BCUT2D eigenvalue weighted by Crippen LogP contribution is -2.39. The minimum Gasteiger partial charge on any atom is -0.393 e. The van der Waals surface area contributed by atoms with Gasteiger partial charge in [0.2, 0.25) is 0 Å². The van der Waals surface area contributed by atoms with E-state index in [1.807, 2.05) is 0 Å². The molecule has 0 aliphatic carbocycles. The lowest BCUT2D eigenvalue weighted by molar-refractivity contribution is -0.185. The first kappa shape index (κ1) is 7.94. The first-order valence-corrected chi connectivity index (χ1v) is 3.44. The molecule has 1 heterocycles. The van der Waals surface area contributed by atoms with E-state index in [0.29, 0.717) is 19.4 Å². The molecule has 1 rings (SSSR count). The average molecular weight is 147 g/mol. The second-order valence-electron chi connectivity index (χ2n) is 2.57.